The van der Waals surface area contributed by atoms with Crippen molar-refractivity contribution >= 4 is 12.0 Å². The number of carboxylic acid groups (broad SMARTS) is 1. The molecule has 1 atom stereocenters. The Labute approximate surface area is 119 Å². The second-order valence-corrected chi connectivity index (χ2v) is 4.94. The fraction of sp³-hybridized carbons (Fsp3) is 0.846. The van der Waals surface area contributed by atoms with Crippen molar-refractivity contribution in [1.29, 1.82) is 0 Å². The number of aliphatic hydroxyl groups excluding tert-OH is 1. The number of nitrogens with zero attached hydrogens (tertiary/aromatic N) is 2. The van der Waals surface area contributed by atoms with Gasteiger partial charge in [-0.05, 0) is 19.3 Å². The average Bonchev–Trinajstić information content (AvgIpc) is 2.45. The van der Waals surface area contributed by atoms with Gasteiger partial charge in [0.25, 0.3) is 0 Å². The van der Waals surface area contributed by atoms with E-state index in [-0.39, 0.29) is 18.7 Å². The zero-order valence-electron chi connectivity index (χ0n) is 12.1. The quantitative estimate of drug-likeness (QED) is 0.737. The van der Waals surface area contributed by atoms with Gasteiger partial charge in [-0.3, -0.25) is 0 Å². The number of likely N-dealkylation sites (N-methyl/N-ethyl adjacent to an activating group) is 1. The Morgan fingerprint density at radius 2 is 2.00 bits per heavy atom. The van der Waals surface area contributed by atoms with Gasteiger partial charge >= 0.3 is 12.0 Å². The standard InChI is InChI=1S/C13H24N2O5/c1-3-11(12(17)18)14(2)13(19)15-6-4-10(5-7-15)20-9-8-16/h10-11,16H,3-9H2,1-2H3,(H,17,18). The molecule has 0 aliphatic carbocycles. The first kappa shape index (κ1) is 16.7. The average molecular weight is 288 g/mol. The van der Waals surface area contributed by atoms with Gasteiger partial charge in [0, 0.05) is 20.1 Å². The van der Waals surface area contributed by atoms with E-state index in [1.54, 1.807) is 11.8 Å². The van der Waals surface area contributed by atoms with Gasteiger partial charge in [-0.15, -0.1) is 0 Å². The minimum absolute atomic E-state index is 0.00132. The maximum atomic E-state index is 12.2. The van der Waals surface area contributed by atoms with Crippen LogP contribution in [0.4, 0.5) is 4.79 Å². The lowest BCUT2D eigenvalue weighted by Crippen LogP contribution is -2.51. The summed E-state index contributed by atoms with van der Waals surface area (Å²) in [4.78, 5) is 26.3. The molecule has 1 aliphatic rings. The third-order valence-electron chi connectivity index (χ3n) is 3.60. The molecule has 1 rings (SSSR count). The molecule has 116 valence electrons. The monoisotopic (exact) mass is 288 g/mol. The van der Waals surface area contributed by atoms with Crippen molar-refractivity contribution in [2.45, 2.75) is 38.3 Å². The number of amides is 2. The van der Waals surface area contributed by atoms with Crippen molar-refractivity contribution in [3.05, 3.63) is 0 Å². The van der Waals surface area contributed by atoms with E-state index in [9.17, 15) is 9.59 Å². The minimum Gasteiger partial charge on any atom is -0.480 e. The second kappa shape index (κ2) is 8.06. The Kier molecular flexibility index (Phi) is 6.74. The van der Waals surface area contributed by atoms with Gasteiger partial charge in [-0.25, -0.2) is 9.59 Å². The van der Waals surface area contributed by atoms with Crippen molar-refractivity contribution in [1.82, 2.24) is 9.80 Å². The fourth-order valence-corrected chi connectivity index (χ4v) is 2.40. The maximum Gasteiger partial charge on any atom is 0.326 e. The SMILES string of the molecule is CCC(C(=O)O)N(C)C(=O)N1CCC(OCCO)CC1. The summed E-state index contributed by atoms with van der Waals surface area (Å²) in [5, 5.41) is 17.8. The topological polar surface area (TPSA) is 90.3 Å². The van der Waals surface area contributed by atoms with Crippen molar-refractivity contribution in [3.8, 4) is 0 Å². The number of hydrogen-bond donors (Lipinski definition) is 2. The van der Waals surface area contributed by atoms with Crippen LogP contribution in [0.2, 0.25) is 0 Å². The van der Waals surface area contributed by atoms with Gasteiger partial charge in [0.05, 0.1) is 19.3 Å². The van der Waals surface area contributed by atoms with Crippen molar-refractivity contribution in [2.75, 3.05) is 33.4 Å². The third kappa shape index (κ3) is 4.35. The number of urea groups is 1. The highest BCUT2D eigenvalue weighted by molar-refractivity contribution is 5.82. The molecule has 0 aromatic heterocycles. The molecular weight excluding hydrogens is 264 g/mol. The number of hydrogen-bond acceptors (Lipinski definition) is 4. The molecule has 1 aliphatic heterocycles. The summed E-state index contributed by atoms with van der Waals surface area (Å²) in [6.07, 6.45) is 1.87. The van der Waals surface area contributed by atoms with E-state index in [0.29, 0.717) is 39.0 Å². The number of rotatable bonds is 6. The van der Waals surface area contributed by atoms with E-state index in [1.165, 1.54) is 11.9 Å². The number of ether oxygens (including phenoxy) is 1. The number of carboxylic acids is 1. The van der Waals surface area contributed by atoms with Crippen LogP contribution in [0, 0.1) is 0 Å². The highest BCUT2D eigenvalue weighted by Gasteiger charge is 2.30. The van der Waals surface area contributed by atoms with Gasteiger partial charge in [0.15, 0.2) is 0 Å². The van der Waals surface area contributed by atoms with Crippen LogP contribution in [0.25, 0.3) is 0 Å². The van der Waals surface area contributed by atoms with Crippen LogP contribution in [-0.4, -0.2) is 77.5 Å². The molecular formula is C13H24N2O5. The molecule has 7 nitrogen and oxygen atoms in total. The summed E-state index contributed by atoms with van der Waals surface area (Å²) in [7, 11) is 1.53. The van der Waals surface area contributed by atoms with Gasteiger partial charge in [-0.2, -0.15) is 0 Å². The molecule has 0 radical (unpaired) electrons. The van der Waals surface area contributed by atoms with Crippen LogP contribution in [0.15, 0.2) is 0 Å². The predicted octanol–water partition coefficient (Wildman–Crippen LogP) is 0.375. The van der Waals surface area contributed by atoms with Gasteiger partial charge in [-0.1, -0.05) is 6.92 Å². The summed E-state index contributed by atoms with van der Waals surface area (Å²) in [6.45, 7) is 3.16. The Bertz CT molecular complexity index is 329. The molecule has 1 heterocycles. The fourth-order valence-electron chi connectivity index (χ4n) is 2.40. The van der Waals surface area contributed by atoms with Crippen LogP contribution in [0.3, 0.4) is 0 Å². The number of aliphatic hydroxyl groups is 1. The molecule has 1 saturated heterocycles. The number of piperidine rings is 1. The lowest BCUT2D eigenvalue weighted by molar-refractivity contribution is -0.142. The van der Waals surface area contributed by atoms with E-state index < -0.39 is 12.0 Å². The molecule has 2 N–H and O–H groups in total. The smallest absolute Gasteiger partial charge is 0.326 e. The summed E-state index contributed by atoms with van der Waals surface area (Å²) in [5.41, 5.74) is 0. The largest absolute Gasteiger partial charge is 0.480 e. The molecule has 0 aromatic carbocycles. The van der Waals surface area contributed by atoms with Crippen molar-refractivity contribution in [3.63, 3.8) is 0 Å². The molecule has 0 bridgehead atoms. The Morgan fingerprint density at radius 3 is 2.45 bits per heavy atom. The predicted molar refractivity (Wildman–Crippen MR) is 72.5 cm³/mol. The molecule has 1 unspecified atom stereocenters. The van der Waals surface area contributed by atoms with Crippen LogP contribution in [-0.2, 0) is 9.53 Å². The van der Waals surface area contributed by atoms with Gasteiger partial charge in [0.2, 0.25) is 0 Å². The van der Waals surface area contributed by atoms with Crippen LogP contribution < -0.4 is 0 Å². The summed E-state index contributed by atoms with van der Waals surface area (Å²) in [6, 6.07) is -1.04. The number of likely N-dealkylation sites (tertiary alicyclic amines) is 1. The first-order valence-corrected chi connectivity index (χ1v) is 6.98. The Morgan fingerprint density at radius 1 is 1.40 bits per heavy atom. The molecule has 0 aromatic rings. The normalized spacial score (nSPS) is 17.9. The van der Waals surface area contributed by atoms with Crippen molar-refractivity contribution < 1.29 is 24.5 Å². The zero-order valence-corrected chi connectivity index (χ0v) is 12.1. The molecule has 20 heavy (non-hydrogen) atoms. The van der Waals surface area contributed by atoms with Gasteiger partial charge < -0.3 is 24.7 Å². The Hall–Kier alpha value is -1.34. The minimum atomic E-state index is -0.982. The summed E-state index contributed by atoms with van der Waals surface area (Å²) < 4.78 is 5.43. The molecule has 0 saturated carbocycles. The van der Waals surface area contributed by atoms with E-state index in [1.807, 2.05) is 0 Å². The lowest BCUT2D eigenvalue weighted by atomic mass is 10.1. The second-order valence-electron chi connectivity index (χ2n) is 4.94. The van der Waals surface area contributed by atoms with E-state index >= 15 is 0 Å². The highest BCUT2D eigenvalue weighted by atomic mass is 16.5. The first-order chi connectivity index (χ1) is 9.51. The van der Waals surface area contributed by atoms with E-state index in [0.717, 1.165) is 0 Å². The van der Waals surface area contributed by atoms with Crippen LogP contribution >= 0.6 is 0 Å². The highest BCUT2D eigenvalue weighted by Crippen LogP contribution is 2.16. The van der Waals surface area contributed by atoms with Crippen molar-refractivity contribution in [2.24, 2.45) is 0 Å². The number of carbonyl (C=O) groups is 2. The van der Waals surface area contributed by atoms with E-state index in [4.69, 9.17) is 14.9 Å². The summed E-state index contributed by atoms with van der Waals surface area (Å²) >= 11 is 0. The summed E-state index contributed by atoms with van der Waals surface area (Å²) in [5.74, 6) is -0.982. The first-order valence-electron chi connectivity index (χ1n) is 6.98. The van der Waals surface area contributed by atoms with E-state index in [2.05, 4.69) is 0 Å². The lowest BCUT2D eigenvalue weighted by Gasteiger charge is -2.36. The molecule has 7 heteroatoms. The zero-order chi connectivity index (χ0) is 15.1. The molecule has 0 spiro atoms. The Balaban J connectivity index is 2.47. The number of carbonyl (C=O) groups excluding carboxylic acids is 1. The van der Waals surface area contributed by atoms with Gasteiger partial charge in [0.1, 0.15) is 6.04 Å². The molecule has 2 amide bonds. The molecule has 1 fully saturated rings. The maximum absolute atomic E-state index is 12.2. The number of aliphatic carboxylic acids is 1. The third-order valence-corrected chi connectivity index (χ3v) is 3.60. The van der Waals surface area contributed by atoms with Crippen LogP contribution in [0.5, 0.6) is 0 Å². The van der Waals surface area contributed by atoms with Crippen LogP contribution in [0.1, 0.15) is 26.2 Å².